The number of halogens is 2. The lowest BCUT2D eigenvalue weighted by Gasteiger charge is -2.32. The van der Waals surface area contributed by atoms with Crippen molar-refractivity contribution in [3.05, 3.63) is 93.5 Å². The fraction of sp³-hybridized carbons (Fsp3) is 0.333. The number of sulfonamides is 1. The van der Waals surface area contributed by atoms with Gasteiger partial charge < -0.3 is 10.2 Å². The minimum atomic E-state index is -4.21. The summed E-state index contributed by atoms with van der Waals surface area (Å²) in [6.45, 7) is 9.37. The van der Waals surface area contributed by atoms with Crippen LogP contribution in [0.4, 0.5) is 5.69 Å². The van der Waals surface area contributed by atoms with E-state index in [-0.39, 0.29) is 39.0 Å². The highest BCUT2D eigenvalue weighted by atomic mass is 35.5. The molecule has 10 heteroatoms. The lowest BCUT2D eigenvalue weighted by molar-refractivity contribution is -0.139. The number of anilines is 1. The second-order valence-corrected chi connectivity index (χ2v) is 13.0. The Morgan fingerprint density at radius 3 is 2.08 bits per heavy atom. The number of carbonyl (C=O) groups is 2. The zero-order chi connectivity index (χ0) is 29.6. The summed E-state index contributed by atoms with van der Waals surface area (Å²) in [5, 5.41) is 3.32. The van der Waals surface area contributed by atoms with Crippen molar-refractivity contribution in [2.75, 3.05) is 17.4 Å². The molecule has 3 aromatic carbocycles. The van der Waals surface area contributed by atoms with Crippen LogP contribution in [0.3, 0.4) is 0 Å². The number of hydrogen-bond acceptors (Lipinski definition) is 4. The molecule has 0 aliphatic carbocycles. The van der Waals surface area contributed by atoms with Crippen LogP contribution in [0.1, 0.15) is 37.5 Å². The number of nitrogens with one attached hydrogen (secondary N) is 1. The molecule has 0 aliphatic rings. The molecule has 2 amide bonds. The van der Waals surface area contributed by atoms with Crippen LogP contribution in [-0.4, -0.2) is 44.3 Å². The van der Waals surface area contributed by atoms with Gasteiger partial charge in [-0.05, 0) is 68.1 Å². The Hall–Kier alpha value is -3.07. The van der Waals surface area contributed by atoms with Gasteiger partial charge in [0.25, 0.3) is 10.0 Å². The Kier molecular flexibility index (Phi) is 10.6. The Morgan fingerprint density at radius 2 is 1.50 bits per heavy atom. The van der Waals surface area contributed by atoms with E-state index in [2.05, 4.69) is 5.32 Å². The predicted octanol–water partition coefficient (Wildman–Crippen LogP) is 6.00. The standard InChI is InChI=1S/C30H35Cl2N3O4S/c1-20(2)17-33-30(37)23(5)34(18-24-9-7-6-8-22(24)4)29(36)19-35(27-15-25(31)14-26(32)16-27)40(38,39)28-12-10-21(3)11-13-28/h6-16,20,23H,17-19H2,1-5H3,(H,33,37)/t23-/m1/s1. The summed E-state index contributed by atoms with van der Waals surface area (Å²) in [4.78, 5) is 28.5. The van der Waals surface area contributed by atoms with Crippen molar-refractivity contribution in [2.24, 2.45) is 5.92 Å². The molecule has 3 aromatic rings. The highest BCUT2D eigenvalue weighted by Gasteiger charge is 2.33. The van der Waals surface area contributed by atoms with Crippen LogP contribution in [0.15, 0.2) is 71.6 Å². The number of amides is 2. The molecule has 0 unspecified atom stereocenters. The van der Waals surface area contributed by atoms with Gasteiger partial charge in [0.1, 0.15) is 12.6 Å². The zero-order valence-electron chi connectivity index (χ0n) is 23.3. The van der Waals surface area contributed by atoms with Gasteiger partial charge >= 0.3 is 0 Å². The number of hydrogen-bond donors (Lipinski definition) is 1. The molecule has 0 bridgehead atoms. The number of aryl methyl sites for hydroxylation is 2. The molecule has 0 saturated carbocycles. The number of benzene rings is 3. The molecule has 0 heterocycles. The minimum Gasteiger partial charge on any atom is -0.354 e. The van der Waals surface area contributed by atoms with E-state index >= 15 is 0 Å². The number of carbonyl (C=O) groups excluding carboxylic acids is 2. The van der Waals surface area contributed by atoms with E-state index in [1.165, 1.54) is 35.2 Å². The highest BCUT2D eigenvalue weighted by Crippen LogP contribution is 2.30. The molecule has 40 heavy (non-hydrogen) atoms. The van der Waals surface area contributed by atoms with Gasteiger partial charge in [0.2, 0.25) is 11.8 Å². The van der Waals surface area contributed by atoms with E-state index in [0.29, 0.717) is 6.54 Å². The summed E-state index contributed by atoms with van der Waals surface area (Å²) in [6, 6.07) is 17.4. The summed E-state index contributed by atoms with van der Waals surface area (Å²) in [5.41, 5.74) is 2.82. The predicted molar refractivity (Wildman–Crippen MR) is 161 cm³/mol. The molecule has 0 aromatic heterocycles. The van der Waals surface area contributed by atoms with Crippen molar-refractivity contribution in [1.82, 2.24) is 10.2 Å². The van der Waals surface area contributed by atoms with Crippen molar-refractivity contribution >= 4 is 50.7 Å². The summed E-state index contributed by atoms with van der Waals surface area (Å²) in [6.07, 6.45) is 0. The topological polar surface area (TPSA) is 86.8 Å². The quantitative estimate of drug-likeness (QED) is 0.291. The zero-order valence-corrected chi connectivity index (χ0v) is 25.6. The third kappa shape index (κ3) is 7.99. The van der Waals surface area contributed by atoms with Gasteiger partial charge in [-0.15, -0.1) is 0 Å². The van der Waals surface area contributed by atoms with Crippen LogP contribution < -0.4 is 9.62 Å². The third-order valence-corrected chi connectivity index (χ3v) is 8.70. The largest absolute Gasteiger partial charge is 0.354 e. The molecule has 0 saturated heterocycles. The molecule has 0 radical (unpaired) electrons. The average Bonchev–Trinajstić information content (AvgIpc) is 2.88. The Labute approximate surface area is 247 Å². The summed E-state index contributed by atoms with van der Waals surface area (Å²) in [7, 11) is -4.21. The van der Waals surface area contributed by atoms with Gasteiger partial charge in [-0.3, -0.25) is 13.9 Å². The van der Waals surface area contributed by atoms with Gasteiger partial charge in [-0.25, -0.2) is 8.42 Å². The van der Waals surface area contributed by atoms with Crippen molar-refractivity contribution in [3.8, 4) is 0 Å². The van der Waals surface area contributed by atoms with Crippen LogP contribution in [0, 0.1) is 19.8 Å². The van der Waals surface area contributed by atoms with Crippen molar-refractivity contribution in [3.63, 3.8) is 0 Å². The van der Waals surface area contributed by atoms with Gasteiger partial charge in [0, 0.05) is 23.1 Å². The smallest absolute Gasteiger partial charge is 0.264 e. The lowest BCUT2D eigenvalue weighted by atomic mass is 10.1. The minimum absolute atomic E-state index is 0.00942. The molecule has 1 N–H and O–H groups in total. The normalized spacial score (nSPS) is 12.2. The Bertz CT molecular complexity index is 1440. The number of rotatable bonds is 11. The molecular formula is C30H35Cl2N3O4S. The highest BCUT2D eigenvalue weighted by molar-refractivity contribution is 7.92. The lowest BCUT2D eigenvalue weighted by Crippen LogP contribution is -2.51. The third-order valence-electron chi connectivity index (χ3n) is 6.48. The molecule has 0 fully saturated rings. The van der Waals surface area contributed by atoms with Crippen LogP contribution in [0.2, 0.25) is 10.0 Å². The van der Waals surface area contributed by atoms with Crippen LogP contribution in [0.5, 0.6) is 0 Å². The maximum Gasteiger partial charge on any atom is 0.264 e. The van der Waals surface area contributed by atoms with Crippen molar-refractivity contribution in [1.29, 1.82) is 0 Å². The first kappa shape index (κ1) is 31.5. The monoisotopic (exact) mass is 603 g/mol. The van der Waals surface area contributed by atoms with Crippen LogP contribution in [-0.2, 0) is 26.2 Å². The summed E-state index contributed by atoms with van der Waals surface area (Å²) in [5.74, 6) is -0.656. The number of nitrogens with zero attached hydrogens (tertiary/aromatic N) is 2. The van der Waals surface area contributed by atoms with E-state index in [9.17, 15) is 18.0 Å². The maximum absolute atomic E-state index is 14.0. The van der Waals surface area contributed by atoms with E-state index in [0.717, 1.165) is 21.0 Å². The Morgan fingerprint density at radius 1 is 0.900 bits per heavy atom. The molecule has 214 valence electrons. The van der Waals surface area contributed by atoms with Crippen molar-refractivity contribution in [2.45, 2.75) is 52.1 Å². The Balaban J connectivity index is 2.06. The van der Waals surface area contributed by atoms with E-state index in [1.807, 2.05) is 52.0 Å². The first-order valence-corrected chi connectivity index (χ1v) is 15.2. The van der Waals surface area contributed by atoms with E-state index in [4.69, 9.17) is 23.2 Å². The average molecular weight is 605 g/mol. The molecule has 3 rings (SSSR count). The molecule has 0 aliphatic heterocycles. The molecule has 7 nitrogen and oxygen atoms in total. The van der Waals surface area contributed by atoms with Crippen LogP contribution in [0.25, 0.3) is 0 Å². The molecule has 0 spiro atoms. The first-order valence-electron chi connectivity index (χ1n) is 13.0. The van der Waals surface area contributed by atoms with Crippen molar-refractivity contribution < 1.29 is 18.0 Å². The van der Waals surface area contributed by atoms with Gasteiger partial charge in [0.05, 0.1) is 10.6 Å². The summed E-state index contributed by atoms with van der Waals surface area (Å²) >= 11 is 12.5. The fourth-order valence-corrected chi connectivity index (χ4v) is 5.97. The maximum atomic E-state index is 14.0. The molecule has 1 atom stereocenters. The fourth-order valence-electron chi connectivity index (χ4n) is 4.06. The second kappa shape index (κ2) is 13.5. The molecular weight excluding hydrogens is 569 g/mol. The van der Waals surface area contributed by atoms with Gasteiger partial charge in [-0.2, -0.15) is 0 Å². The van der Waals surface area contributed by atoms with Gasteiger partial charge in [-0.1, -0.05) is 79.0 Å². The van der Waals surface area contributed by atoms with E-state index < -0.39 is 28.5 Å². The first-order chi connectivity index (χ1) is 18.8. The summed E-state index contributed by atoms with van der Waals surface area (Å²) < 4.78 is 28.8. The second-order valence-electron chi connectivity index (χ2n) is 10.2. The van der Waals surface area contributed by atoms with E-state index in [1.54, 1.807) is 19.1 Å². The van der Waals surface area contributed by atoms with Gasteiger partial charge in [0.15, 0.2) is 0 Å². The SMILES string of the molecule is Cc1ccc(S(=O)(=O)N(CC(=O)N(Cc2ccccc2C)[C@H](C)C(=O)NCC(C)C)c2cc(Cl)cc(Cl)c2)cc1. The van der Waals surface area contributed by atoms with Crippen LogP contribution >= 0.6 is 23.2 Å².